The minimum atomic E-state index is -0.0677. The minimum absolute atomic E-state index is 0.0677. The average Bonchev–Trinajstić information content (AvgIpc) is 2.71. The SMILES string of the molecule is CCc1cc(N2CCNCC2)c2c(c1)N(Cc1ccccc1Cl)C(=O)NC2. The van der Waals surface area contributed by atoms with Crippen LogP contribution in [0.1, 0.15) is 23.6 Å². The van der Waals surface area contributed by atoms with Crippen LogP contribution < -0.4 is 20.4 Å². The number of amides is 2. The molecule has 1 saturated heterocycles. The molecule has 0 aliphatic carbocycles. The fourth-order valence-electron chi connectivity index (χ4n) is 3.84. The molecular formula is C21H25ClN4O. The van der Waals surface area contributed by atoms with Crippen molar-refractivity contribution in [2.45, 2.75) is 26.4 Å². The summed E-state index contributed by atoms with van der Waals surface area (Å²) in [6.45, 7) is 7.13. The molecular weight excluding hydrogens is 360 g/mol. The van der Waals surface area contributed by atoms with Crippen molar-refractivity contribution < 1.29 is 4.79 Å². The summed E-state index contributed by atoms with van der Waals surface area (Å²) in [6.07, 6.45) is 0.938. The van der Waals surface area contributed by atoms with Crippen molar-refractivity contribution in [2.24, 2.45) is 0 Å². The first-order chi connectivity index (χ1) is 13.2. The van der Waals surface area contributed by atoms with E-state index in [9.17, 15) is 4.79 Å². The molecule has 0 radical (unpaired) electrons. The Hall–Kier alpha value is -2.24. The van der Waals surface area contributed by atoms with Crippen molar-refractivity contribution in [3.05, 3.63) is 58.1 Å². The van der Waals surface area contributed by atoms with Gasteiger partial charge in [-0.15, -0.1) is 0 Å². The van der Waals surface area contributed by atoms with Gasteiger partial charge in [0, 0.05) is 49.0 Å². The topological polar surface area (TPSA) is 47.6 Å². The predicted molar refractivity (Wildman–Crippen MR) is 111 cm³/mol. The second kappa shape index (κ2) is 7.79. The van der Waals surface area contributed by atoms with E-state index in [0.717, 1.165) is 43.9 Å². The highest BCUT2D eigenvalue weighted by Gasteiger charge is 2.28. The largest absolute Gasteiger partial charge is 0.369 e. The Balaban J connectivity index is 1.76. The van der Waals surface area contributed by atoms with E-state index >= 15 is 0 Å². The van der Waals surface area contributed by atoms with Crippen molar-refractivity contribution in [3.8, 4) is 0 Å². The second-order valence-corrected chi connectivity index (χ2v) is 7.45. The van der Waals surface area contributed by atoms with Gasteiger partial charge in [0.25, 0.3) is 0 Å². The van der Waals surface area contributed by atoms with E-state index in [1.54, 1.807) is 0 Å². The van der Waals surface area contributed by atoms with E-state index in [4.69, 9.17) is 11.6 Å². The third-order valence-electron chi connectivity index (χ3n) is 5.37. The fourth-order valence-corrected chi connectivity index (χ4v) is 4.03. The number of hydrogen-bond acceptors (Lipinski definition) is 3. The standard InChI is InChI=1S/C21H25ClN4O/c1-2-15-11-19(25-9-7-23-8-10-25)17-13-24-21(27)26(20(17)12-15)14-16-5-3-4-6-18(16)22/h3-6,11-12,23H,2,7-10,13-14H2,1H3,(H,24,27). The van der Waals surface area contributed by atoms with Gasteiger partial charge in [-0.05, 0) is 35.7 Å². The number of carbonyl (C=O) groups is 1. The number of urea groups is 1. The van der Waals surface area contributed by atoms with Gasteiger partial charge in [0.1, 0.15) is 0 Å². The summed E-state index contributed by atoms with van der Waals surface area (Å²) < 4.78 is 0. The highest BCUT2D eigenvalue weighted by molar-refractivity contribution is 6.31. The zero-order valence-corrected chi connectivity index (χ0v) is 16.4. The molecule has 142 valence electrons. The van der Waals surface area contributed by atoms with Crippen LogP contribution in [-0.4, -0.2) is 32.2 Å². The molecule has 2 aromatic carbocycles. The van der Waals surface area contributed by atoms with Crippen LogP contribution in [0.3, 0.4) is 0 Å². The smallest absolute Gasteiger partial charge is 0.322 e. The maximum atomic E-state index is 12.7. The highest BCUT2D eigenvalue weighted by atomic mass is 35.5. The molecule has 5 nitrogen and oxygen atoms in total. The molecule has 4 rings (SSSR count). The van der Waals surface area contributed by atoms with E-state index in [1.165, 1.54) is 16.8 Å². The molecule has 0 unspecified atom stereocenters. The molecule has 2 aliphatic heterocycles. The van der Waals surface area contributed by atoms with Crippen molar-refractivity contribution in [3.63, 3.8) is 0 Å². The Labute approximate surface area is 165 Å². The molecule has 0 bridgehead atoms. The van der Waals surface area contributed by atoms with E-state index in [-0.39, 0.29) is 6.03 Å². The van der Waals surface area contributed by atoms with Crippen molar-refractivity contribution >= 4 is 29.0 Å². The van der Waals surface area contributed by atoms with Gasteiger partial charge in [-0.3, -0.25) is 4.90 Å². The van der Waals surface area contributed by atoms with Gasteiger partial charge in [0.15, 0.2) is 0 Å². The van der Waals surface area contributed by atoms with Crippen molar-refractivity contribution in [2.75, 3.05) is 36.0 Å². The van der Waals surface area contributed by atoms with E-state index in [2.05, 4.69) is 34.6 Å². The lowest BCUT2D eigenvalue weighted by Gasteiger charge is -2.37. The summed E-state index contributed by atoms with van der Waals surface area (Å²) in [5.41, 5.74) is 5.65. The normalized spacial score (nSPS) is 16.9. The number of nitrogens with zero attached hydrogens (tertiary/aromatic N) is 2. The molecule has 2 N–H and O–H groups in total. The summed E-state index contributed by atoms with van der Waals surface area (Å²) in [5, 5.41) is 7.14. The maximum absolute atomic E-state index is 12.7. The number of aryl methyl sites for hydroxylation is 1. The summed E-state index contributed by atoms with van der Waals surface area (Å²) in [4.78, 5) is 17.0. The number of carbonyl (C=O) groups excluding carboxylic acids is 1. The third-order valence-corrected chi connectivity index (χ3v) is 5.74. The first kappa shape index (κ1) is 18.1. The highest BCUT2D eigenvalue weighted by Crippen LogP contribution is 2.36. The molecule has 0 saturated carbocycles. The molecule has 2 aromatic rings. The average molecular weight is 385 g/mol. The molecule has 2 aliphatic rings. The van der Waals surface area contributed by atoms with Gasteiger partial charge in [-0.25, -0.2) is 4.79 Å². The lowest BCUT2D eigenvalue weighted by Crippen LogP contribution is -2.47. The molecule has 0 atom stereocenters. The molecule has 27 heavy (non-hydrogen) atoms. The van der Waals surface area contributed by atoms with Gasteiger partial charge >= 0.3 is 6.03 Å². The van der Waals surface area contributed by atoms with Crippen LogP contribution in [0.5, 0.6) is 0 Å². The summed E-state index contributed by atoms with van der Waals surface area (Å²) in [5.74, 6) is 0. The quantitative estimate of drug-likeness (QED) is 0.847. The number of anilines is 2. The van der Waals surface area contributed by atoms with Crippen LogP contribution in [0.2, 0.25) is 5.02 Å². The van der Waals surface area contributed by atoms with E-state index in [0.29, 0.717) is 18.1 Å². The van der Waals surface area contributed by atoms with Gasteiger partial charge < -0.3 is 15.5 Å². The Morgan fingerprint density at radius 1 is 1.11 bits per heavy atom. The van der Waals surface area contributed by atoms with Crippen LogP contribution in [0.4, 0.5) is 16.2 Å². The minimum Gasteiger partial charge on any atom is -0.369 e. The van der Waals surface area contributed by atoms with Gasteiger partial charge in [-0.1, -0.05) is 36.7 Å². The van der Waals surface area contributed by atoms with Crippen LogP contribution in [0.25, 0.3) is 0 Å². The molecule has 0 spiro atoms. The second-order valence-electron chi connectivity index (χ2n) is 7.04. The summed E-state index contributed by atoms with van der Waals surface area (Å²) in [6, 6.07) is 12.1. The lowest BCUT2D eigenvalue weighted by atomic mass is 10.00. The van der Waals surface area contributed by atoms with Gasteiger partial charge in [-0.2, -0.15) is 0 Å². The van der Waals surface area contributed by atoms with Crippen LogP contribution in [-0.2, 0) is 19.5 Å². The zero-order valence-electron chi connectivity index (χ0n) is 15.6. The van der Waals surface area contributed by atoms with Crippen LogP contribution >= 0.6 is 11.6 Å². The Morgan fingerprint density at radius 3 is 2.59 bits per heavy atom. The fraction of sp³-hybridized carbons (Fsp3) is 0.381. The predicted octanol–water partition coefficient (Wildman–Crippen LogP) is 3.54. The monoisotopic (exact) mass is 384 g/mol. The van der Waals surface area contributed by atoms with Crippen LogP contribution in [0, 0.1) is 0 Å². The number of rotatable bonds is 4. The van der Waals surface area contributed by atoms with Crippen LogP contribution in [0.15, 0.2) is 36.4 Å². The summed E-state index contributed by atoms with van der Waals surface area (Å²) in [7, 11) is 0. The zero-order chi connectivity index (χ0) is 18.8. The van der Waals surface area contributed by atoms with E-state index < -0.39 is 0 Å². The third kappa shape index (κ3) is 3.62. The molecule has 2 amide bonds. The number of nitrogens with one attached hydrogen (secondary N) is 2. The number of piperazine rings is 1. The Morgan fingerprint density at radius 2 is 1.85 bits per heavy atom. The summed E-state index contributed by atoms with van der Waals surface area (Å²) >= 11 is 6.36. The first-order valence-corrected chi connectivity index (χ1v) is 9.95. The first-order valence-electron chi connectivity index (χ1n) is 9.57. The Bertz CT molecular complexity index is 848. The maximum Gasteiger partial charge on any atom is 0.322 e. The molecule has 2 heterocycles. The van der Waals surface area contributed by atoms with Gasteiger partial charge in [0.2, 0.25) is 0 Å². The Kier molecular flexibility index (Phi) is 5.23. The number of fused-ring (bicyclic) bond motifs is 1. The number of hydrogen-bond donors (Lipinski definition) is 2. The number of benzene rings is 2. The van der Waals surface area contributed by atoms with E-state index in [1.807, 2.05) is 29.2 Å². The molecule has 6 heteroatoms. The van der Waals surface area contributed by atoms with Crippen molar-refractivity contribution in [1.82, 2.24) is 10.6 Å². The molecule has 0 aromatic heterocycles. The van der Waals surface area contributed by atoms with Crippen molar-refractivity contribution in [1.29, 1.82) is 0 Å². The molecule has 1 fully saturated rings. The lowest BCUT2D eigenvalue weighted by molar-refractivity contribution is 0.244. The number of halogens is 1. The van der Waals surface area contributed by atoms with Gasteiger partial charge in [0.05, 0.1) is 12.2 Å².